The number of rotatable bonds is 6. The standard InChI is InChI=1S/C25H27FN6O2.CH2O2/c1-30-12-14-31(15-13-30)11-10-27-24-22(21(33)16-32(24)20-9-5-3-7-18(20)26)23-28-19-8-4-2-6-17(19)25(34)29-23;2-1-3/h2-9,27H,10-16H2,1H3,(H,28,29,34);1H,(H,2,3). The lowest BCUT2D eigenvalue weighted by molar-refractivity contribution is -0.122. The molecule has 2 aromatic carbocycles. The largest absolute Gasteiger partial charge is 0.483 e. The summed E-state index contributed by atoms with van der Waals surface area (Å²) in [6.07, 6.45) is 0. The van der Waals surface area contributed by atoms with Crippen LogP contribution in [0.2, 0.25) is 0 Å². The van der Waals surface area contributed by atoms with Gasteiger partial charge in [-0.1, -0.05) is 24.3 Å². The van der Waals surface area contributed by atoms with Crippen LogP contribution in [0, 0.1) is 5.82 Å². The topological polar surface area (TPSA) is 122 Å². The second-order valence-corrected chi connectivity index (χ2v) is 8.79. The number of benzene rings is 2. The van der Waals surface area contributed by atoms with E-state index in [-0.39, 0.29) is 35.8 Å². The number of ketones is 1. The number of carbonyl (C=O) groups is 2. The van der Waals surface area contributed by atoms with Crippen molar-refractivity contribution in [1.82, 2.24) is 25.1 Å². The van der Waals surface area contributed by atoms with E-state index in [4.69, 9.17) is 9.90 Å². The molecule has 0 unspecified atom stereocenters. The van der Waals surface area contributed by atoms with Crippen molar-refractivity contribution < 1.29 is 19.1 Å². The molecular formula is C26H29FN6O4. The lowest BCUT2D eigenvalue weighted by atomic mass is 10.1. The van der Waals surface area contributed by atoms with Gasteiger partial charge in [0.1, 0.15) is 23.0 Å². The van der Waals surface area contributed by atoms with Gasteiger partial charge in [-0.25, -0.2) is 9.37 Å². The molecule has 0 radical (unpaired) electrons. The number of nitrogens with zero attached hydrogens (tertiary/aromatic N) is 4. The molecule has 0 bridgehead atoms. The Bertz CT molecular complexity index is 1370. The van der Waals surface area contributed by atoms with Crippen LogP contribution in [0.4, 0.5) is 10.1 Å². The van der Waals surface area contributed by atoms with E-state index in [0.29, 0.717) is 29.0 Å². The summed E-state index contributed by atoms with van der Waals surface area (Å²) in [5, 5.41) is 10.7. The second kappa shape index (κ2) is 11.8. The summed E-state index contributed by atoms with van der Waals surface area (Å²) < 4.78 is 14.7. The summed E-state index contributed by atoms with van der Waals surface area (Å²) in [6.45, 7) is 5.03. The fourth-order valence-electron chi connectivity index (χ4n) is 4.48. The number of para-hydroxylation sites is 2. The zero-order valence-electron chi connectivity index (χ0n) is 20.5. The highest BCUT2D eigenvalue weighted by Gasteiger charge is 2.34. The maximum atomic E-state index is 14.7. The van der Waals surface area contributed by atoms with Gasteiger partial charge in [0, 0.05) is 39.3 Å². The number of Topliss-reactive ketones (excluding diaryl/α,β-unsaturated/α-hetero) is 1. The molecule has 3 N–H and O–H groups in total. The number of hydrogen-bond acceptors (Lipinski definition) is 8. The Morgan fingerprint density at radius 1 is 1.08 bits per heavy atom. The van der Waals surface area contributed by atoms with Crippen molar-refractivity contribution in [3.63, 3.8) is 0 Å². The van der Waals surface area contributed by atoms with Gasteiger partial charge in [0.05, 0.1) is 23.1 Å². The summed E-state index contributed by atoms with van der Waals surface area (Å²) in [5.74, 6) is -0.00374. The number of aromatic amines is 1. The first-order valence-corrected chi connectivity index (χ1v) is 11.9. The second-order valence-electron chi connectivity index (χ2n) is 8.79. The van der Waals surface area contributed by atoms with Gasteiger partial charge in [-0.05, 0) is 31.3 Å². The Morgan fingerprint density at radius 2 is 1.76 bits per heavy atom. The van der Waals surface area contributed by atoms with Gasteiger partial charge in [0.15, 0.2) is 5.78 Å². The molecule has 2 aliphatic heterocycles. The van der Waals surface area contributed by atoms with E-state index < -0.39 is 5.82 Å². The molecule has 194 valence electrons. The predicted octanol–water partition coefficient (Wildman–Crippen LogP) is 1.36. The molecule has 2 aliphatic rings. The fraction of sp³-hybridized carbons (Fsp3) is 0.308. The summed E-state index contributed by atoms with van der Waals surface area (Å²) in [5.41, 5.74) is 0.755. The predicted molar refractivity (Wildman–Crippen MR) is 139 cm³/mol. The number of nitrogens with one attached hydrogen (secondary N) is 2. The first kappa shape index (κ1) is 26.0. The molecule has 10 nitrogen and oxygen atoms in total. The number of likely N-dealkylation sites (N-methyl/N-ethyl adjacent to an activating group) is 1. The number of H-pyrrole nitrogens is 1. The fourth-order valence-corrected chi connectivity index (χ4v) is 4.48. The van der Waals surface area contributed by atoms with E-state index in [1.54, 1.807) is 47.4 Å². The van der Waals surface area contributed by atoms with Crippen LogP contribution in [0.15, 0.2) is 59.1 Å². The lowest BCUT2D eigenvalue weighted by Crippen LogP contribution is -2.46. The van der Waals surface area contributed by atoms with Crippen LogP contribution >= 0.6 is 0 Å². The van der Waals surface area contributed by atoms with Crippen LogP contribution in [-0.2, 0) is 9.59 Å². The summed E-state index contributed by atoms with van der Waals surface area (Å²) in [7, 11) is 2.11. The number of hydrogen-bond donors (Lipinski definition) is 3. The Morgan fingerprint density at radius 3 is 2.49 bits per heavy atom. The highest BCUT2D eigenvalue weighted by Crippen LogP contribution is 2.31. The Kier molecular flexibility index (Phi) is 8.26. The van der Waals surface area contributed by atoms with E-state index in [2.05, 4.69) is 32.1 Å². The average Bonchev–Trinajstić information content (AvgIpc) is 3.21. The third-order valence-electron chi connectivity index (χ3n) is 6.40. The van der Waals surface area contributed by atoms with Gasteiger partial charge in [-0.15, -0.1) is 0 Å². The minimum atomic E-state index is -0.421. The Labute approximate surface area is 213 Å². The number of anilines is 1. The molecule has 0 aliphatic carbocycles. The maximum absolute atomic E-state index is 14.7. The Balaban J connectivity index is 0.00000102. The monoisotopic (exact) mass is 508 g/mol. The van der Waals surface area contributed by atoms with Crippen LogP contribution < -0.4 is 15.8 Å². The smallest absolute Gasteiger partial charge is 0.290 e. The van der Waals surface area contributed by atoms with Gasteiger partial charge in [0.25, 0.3) is 12.0 Å². The summed E-state index contributed by atoms with van der Waals surface area (Å²) in [6, 6.07) is 13.4. The van der Waals surface area contributed by atoms with Gasteiger partial charge in [-0.3, -0.25) is 19.3 Å². The van der Waals surface area contributed by atoms with Crippen molar-refractivity contribution in [2.24, 2.45) is 0 Å². The molecule has 1 aromatic heterocycles. The normalized spacial score (nSPS) is 16.6. The van der Waals surface area contributed by atoms with Gasteiger partial charge < -0.3 is 25.2 Å². The van der Waals surface area contributed by atoms with Crippen molar-refractivity contribution in [3.8, 4) is 0 Å². The molecule has 0 amide bonds. The molecule has 3 aromatic rings. The van der Waals surface area contributed by atoms with Gasteiger partial charge >= 0.3 is 0 Å². The van der Waals surface area contributed by atoms with Crippen LogP contribution in [-0.4, -0.2) is 90.0 Å². The SMILES string of the molecule is CN1CCN(CCNC2=C(c3nc4ccccc4c(=O)[nH]3)C(=O)CN2c2ccccc2F)CC1.O=CO. The molecule has 0 spiro atoms. The lowest BCUT2D eigenvalue weighted by Gasteiger charge is -2.32. The first-order valence-electron chi connectivity index (χ1n) is 11.9. The number of carbonyl (C=O) groups excluding carboxylic acids is 1. The van der Waals surface area contributed by atoms with E-state index in [1.807, 2.05) is 0 Å². The Hall–Kier alpha value is -4.09. The summed E-state index contributed by atoms with van der Waals surface area (Å²) >= 11 is 0. The number of halogens is 1. The molecule has 1 saturated heterocycles. The highest BCUT2D eigenvalue weighted by atomic mass is 19.1. The van der Waals surface area contributed by atoms with Crippen LogP contribution in [0.5, 0.6) is 0 Å². The third-order valence-corrected chi connectivity index (χ3v) is 6.40. The van der Waals surface area contributed by atoms with Crippen molar-refractivity contribution in [1.29, 1.82) is 0 Å². The number of piperazine rings is 1. The van der Waals surface area contributed by atoms with Gasteiger partial charge in [-0.2, -0.15) is 0 Å². The molecule has 1 fully saturated rings. The number of aromatic nitrogens is 2. The first-order chi connectivity index (χ1) is 17.9. The zero-order chi connectivity index (χ0) is 26.4. The number of carboxylic acid groups (broad SMARTS) is 1. The van der Waals surface area contributed by atoms with E-state index in [0.717, 1.165) is 32.7 Å². The summed E-state index contributed by atoms with van der Waals surface area (Å²) in [4.78, 5) is 47.8. The van der Waals surface area contributed by atoms with Crippen molar-refractivity contribution >= 4 is 34.4 Å². The highest BCUT2D eigenvalue weighted by molar-refractivity contribution is 6.26. The molecule has 0 atom stereocenters. The van der Waals surface area contributed by atoms with Crippen LogP contribution in [0.25, 0.3) is 16.5 Å². The van der Waals surface area contributed by atoms with Crippen LogP contribution in [0.1, 0.15) is 5.82 Å². The van der Waals surface area contributed by atoms with E-state index in [1.165, 1.54) is 6.07 Å². The van der Waals surface area contributed by atoms with E-state index in [9.17, 15) is 14.0 Å². The van der Waals surface area contributed by atoms with Crippen molar-refractivity contribution in [3.05, 3.63) is 76.3 Å². The molecule has 3 heterocycles. The molecule has 0 saturated carbocycles. The van der Waals surface area contributed by atoms with Crippen molar-refractivity contribution in [2.75, 3.05) is 57.8 Å². The average molecular weight is 509 g/mol. The quantitative estimate of drug-likeness (QED) is 0.424. The minimum Gasteiger partial charge on any atom is -0.483 e. The maximum Gasteiger partial charge on any atom is 0.290 e. The van der Waals surface area contributed by atoms with Crippen LogP contribution in [0.3, 0.4) is 0 Å². The van der Waals surface area contributed by atoms with Crippen molar-refractivity contribution in [2.45, 2.75) is 0 Å². The third kappa shape index (κ3) is 5.84. The number of fused-ring (bicyclic) bond motifs is 1. The van der Waals surface area contributed by atoms with Gasteiger partial charge in [0.2, 0.25) is 0 Å². The zero-order valence-corrected chi connectivity index (χ0v) is 20.5. The molecular weight excluding hydrogens is 479 g/mol. The molecule has 5 rings (SSSR count). The van der Waals surface area contributed by atoms with E-state index >= 15 is 0 Å². The minimum absolute atomic E-state index is 0.0380. The molecule has 37 heavy (non-hydrogen) atoms. The molecule has 11 heteroatoms.